The Balaban J connectivity index is 1.14. The minimum atomic E-state index is -0.859. The van der Waals surface area contributed by atoms with Crippen LogP contribution in [0.15, 0.2) is 103 Å². The second kappa shape index (κ2) is 10.5. The van der Waals surface area contributed by atoms with Crippen LogP contribution in [0.4, 0.5) is 4.79 Å². The number of benzene rings is 4. The molecular weight excluding hydrogens is 508 g/mol. The Kier molecular flexibility index (Phi) is 6.57. The SMILES string of the molecule is O=C(C[C@H](NC(=O)OCC1c2ccccc2-c2ccccc21)c1ccccc1)ON1C(=O)c2ccccc2C1=O. The van der Waals surface area contributed by atoms with Crippen LogP contribution in [0.1, 0.15) is 55.8 Å². The van der Waals surface area contributed by atoms with Crippen LogP contribution in [0, 0.1) is 0 Å². The molecule has 0 aromatic heterocycles. The maximum absolute atomic E-state index is 13.0. The third kappa shape index (κ3) is 4.60. The van der Waals surface area contributed by atoms with E-state index in [2.05, 4.69) is 17.4 Å². The van der Waals surface area contributed by atoms with Gasteiger partial charge in [-0.25, -0.2) is 9.59 Å². The summed E-state index contributed by atoms with van der Waals surface area (Å²) in [7, 11) is 0. The quantitative estimate of drug-likeness (QED) is 0.319. The molecule has 0 saturated carbocycles. The van der Waals surface area contributed by atoms with E-state index in [0.717, 1.165) is 22.3 Å². The molecule has 8 heteroatoms. The Labute approximate surface area is 230 Å². The summed E-state index contributed by atoms with van der Waals surface area (Å²) in [5, 5.41) is 3.21. The summed E-state index contributed by atoms with van der Waals surface area (Å²) in [4.78, 5) is 56.2. The Morgan fingerprint density at radius 3 is 1.77 bits per heavy atom. The number of hydroxylamine groups is 2. The lowest BCUT2D eigenvalue weighted by Gasteiger charge is -2.21. The van der Waals surface area contributed by atoms with Crippen LogP contribution in [0.25, 0.3) is 11.1 Å². The molecule has 0 fully saturated rings. The molecule has 1 heterocycles. The lowest BCUT2D eigenvalue weighted by molar-refractivity contribution is -0.169. The molecule has 1 aliphatic carbocycles. The number of nitrogens with zero attached hydrogens (tertiary/aromatic N) is 1. The number of hydrogen-bond acceptors (Lipinski definition) is 6. The first-order valence-corrected chi connectivity index (χ1v) is 12.9. The summed E-state index contributed by atoms with van der Waals surface area (Å²) in [5.74, 6) is -2.40. The van der Waals surface area contributed by atoms with E-state index in [4.69, 9.17) is 9.57 Å². The summed E-state index contributed by atoms with van der Waals surface area (Å²) in [6.07, 6.45) is -1.04. The van der Waals surface area contributed by atoms with E-state index >= 15 is 0 Å². The molecule has 4 aromatic rings. The zero-order chi connectivity index (χ0) is 27.6. The highest BCUT2D eigenvalue weighted by atomic mass is 16.7. The largest absolute Gasteiger partial charge is 0.449 e. The van der Waals surface area contributed by atoms with Gasteiger partial charge in [-0.2, -0.15) is 0 Å². The minimum Gasteiger partial charge on any atom is -0.449 e. The van der Waals surface area contributed by atoms with Gasteiger partial charge in [-0.05, 0) is 39.9 Å². The maximum Gasteiger partial charge on any atom is 0.407 e. The fourth-order valence-corrected chi connectivity index (χ4v) is 5.28. The second-order valence-corrected chi connectivity index (χ2v) is 9.55. The Bertz CT molecular complexity index is 1550. The molecule has 0 radical (unpaired) electrons. The average molecular weight is 533 g/mol. The van der Waals surface area contributed by atoms with Gasteiger partial charge in [-0.1, -0.05) is 96.1 Å². The number of rotatable bonds is 7. The van der Waals surface area contributed by atoms with Crippen molar-refractivity contribution in [3.05, 3.63) is 131 Å². The van der Waals surface area contributed by atoms with Gasteiger partial charge in [0.15, 0.2) is 0 Å². The van der Waals surface area contributed by atoms with E-state index in [1.807, 2.05) is 42.5 Å². The molecule has 8 nitrogen and oxygen atoms in total. The Morgan fingerprint density at radius 1 is 0.700 bits per heavy atom. The summed E-state index contributed by atoms with van der Waals surface area (Å²) >= 11 is 0. The zero-order valence-electron chi connectivity index (χ0n) is 21.3. The molecule has 40 heavy (non-hydrogen) atoms. The topological polar surface area (TPSA) is 102 Å². The summed E-state index contributed by atoms with van der Waals surface area (Å²) in [6.45, 7) is 0.112. The number of nitrogens with one attached hydrogen (secondary N) is 1. The van der Waals surface area contributed by atoms with Crippen molar-refractivity contribution in [3.63, 3.8) is 0 Å². The van der Waals surface area contributed by atoms with E-state index in [1.54, 1.807) is 36.4 Å². The fourth-order valence-electron chi connectivity index (χ4n) is 5.28. The number of alkyl carbamates (subject to hydrolysis) is 1. The van der Waals surface area contributed by atoms with Gasteiger partial charge < -0.3 is 14.9 Å². The number of ether oxygens (including phenoxy) is 1. The van der Waals surface area contributed by atoms with Crippen LogP contribution < -0.4 is 5.32 Å². The highest BCUT2D eigenvalue weighted by Gasteiger charge is 2.39. The van der Waals surface area contributed by atoms with Crippen LogP contribution in [0.2, 0.25) is 0 Å². The average Bonchev–Trinajstić information content (AvgIpc) is 3.43. The van der Waals surface area contributed by atoms with E-state index < -0.39 is 29.9 Å². The smallest absolute Gasteiger partial charge is 0.407 e. The van der Waals surface area contributed by atoms with Crippen molar-refractivity contribution in [1.82, 2.24) is 10.4 Å². The molecular formula is C32H24N2O6. The molecule has 1 aliphatic heterocycles. The second-order valence-electron chi connectivity index (χ2n) is 9.55. The van der Waals surface area contributed by atoms with Gasteiger partial charge in [0.2, 0.25) is 0 Å². The van der Waals surface area contributed by atoms with E-state index in [-0.39, 0.29) is 30.1 Å². The standard InChI is InChI=1S/C32H24N2O6/c35-29(40-34-30(36)25-16-8-9-17-26(25)31(34)37)18-28(20-10-2-1-3-11-20)33-32(38)39-19-27-23-14-6-4-12-21(23)22-13-5-7-15-24(22)27/h1-17,27-28H,18-19H2,(H,33,38)/t28-/m0/s1. The number of hydrogen-bond donors (Lipinski definition) is 1. The molecule has 0 bridgehead atoms. The first-order valence-electron chi connectivity index (χ1n) is 12.9. The van der Waals surface area contributed by atoms with Gasteiger partial charge in [-0.3, -0.25) is 9.59 Å². The van der Waals surface area contributed by atoms with E-state index in [9.17, 15) is 19.2 Å². The van der Waals surface area contributed by atoms with Crippen LogP contribution in [-0.2, 0) is 14.4 Å². The highest BCUT2D eigenvalue weighted by Crippen LogP contribution is 2.44. The molecule has 2 aliphatic rings. The van der Waals surface area contributed by atoms with Gasteiger partial charge in [0.05, 0.1) is 23.6 Å². The molecule has 3 amide bonds. The normalized spacial score (nSPS) is 14.2. The van der Waals surface area contributed by atoms with E-state index in [0.29, 0.717) is 10.6 Å². The molecule has 6 rings (SSSR count). The Hall–Kier alpha value is -5.24. The van der Waals surface area contributed by atoms with Crippen molar-refractivity contribution in [3.8, 4) is 11.1 Å². The van der Waals surface area contributed by atoms with Gasteiger partial charge in [-0.15, -0.1) is 0 Å². The van der Waals surface area contributed by atoms with Crippen molar-refractivity contribution >= 4 is 23.9 Å². The number of amides is 3. The molecule has 1 N–H and O–H groups in total. The maximum atomic E-state index is 13.0. The lowest BCUT2D eigenvalue weighted by atomic mass is 9.98. The molecule has 198 valence electrons. The third-order valence-electron chi connectivity index (χ3n) is 7.16. The van der Waals surface area contributed by atoms with Gasteiger partial charge >= 0.3 is 12.1 Å². The first-order chi connectivity index (χ1) is 19.5. The van der Waals surface area contributed by atoms with Crippen molar-refractivity contribution in [2.45, 2.75) is 18.4 Å². The van der Waals surface area contributed by atoms with Gasteiger partial charge in [0, 0.05) is 5.92 Å². The molecule has 0 spiro atoms. The molecule has 0 unspecified atom stereocenters. The van der Waals surface area contributed by atoms with Crippen LogP contribution in [-0.4, -0.2) is 35.5 Å². The summed E-state index contributed by atoms with van der Waals surface area (Å²) in [6, 6.07) is 30.3. The third-order valence-corrected chi connectivity index (χ3v) is 7.16. The number of carbonyl (C=O) groups is 4. The molecule has 0 saturated heterocycles. The monoisotopic (exact) mass is 532 g/mol. The number of imide groups is 1. The van der Waals surface area contributed by atoms with Crippen molar-refractivity contribution in [1.29, 1.82) is 0 Å². The predicted molar refractivity (Wildman–Crippen MR) is 145 cm³/mol. The van der Waals surface area contributed by atoms with Crippen molar-refractivity contribution in [2.24, 2.45) is 0 Å². The Morgan fingerprint density at radius 2 is 1.20 bits per heavy atom. The van der Waals surface area contributed by atoms with Crippen molar-refractivity contribution < 1.29 is 28.8 Å². The predicted octanol–water partition coefficient (Wildman–Crippen LogP) is 5.41. The molecule has 1 atom stereocenters. The number of carbonyl (C=O) groups excluding carboxylic acids is 4. The summed E-state index contributed by atoms with van der Waals surface area (Å²) in [5.41, 5.74) is 5.36. The van der Waals surface area contributed by atoms with Crippen LogP contribution in [0.3, 0.4) is 0 Å². The zero-order valence-corrected chi connectivity index (χ0v) is 21.3. The number of fused-ring (bicyclic) bond motifs is 4. The molecule has 4 aromatic carbocycles. The van der Waals surface area contributed by atoms with Crippen molar-refractivity contribution in [2.75, 3.05) is 6.61 Å². The first kappa shape index (κ1) is 25.1. The highest BCUT2D eigenvalue weighted by molar-refractivity contribution is 6.20. The van der Waals surface area contributed by atoms with Gasteiger partial charge in [0.25, 0.3) is 11.8 Å². The fraction of sp³-hybridized carbons (Fsp3) is 0.125. The minimum absolute atomic E-state index is 0.112. The van der Waals surface area contributed by atoms with Crippen LogP contribution in [0.5, 0.6) is 0 Å². The van der Waals surface area contributed by atoms with Crippen LogP contribution >= 0.6 is 0 Å². The summed E-state index contributed by atoms with van der Waals surface area (Å²) < 4.78 is 5.66. The van der Waals surface area contributed by atoms with Gasteiger partial charge in [0.1, 0.15) is 6.61 Å². The lowest BCUT2D eigenvalue weighted by Crippen LogP contribution is -2.36. The van der Waals surface area contributed by atoms with E-state index in [1.165, 1.54) is 12.1 Å².